The normalized spacial score (nSPS) is 11.2. The second-order valence-electron chi connectivity index (χ2n) is 5.05. The number of aromatic hydroxyl groups is 1. The number of carbonyl (C=O) groups excluding carboxylic acids is 1. The number of H-pyrrole nitrogens is 1. The average Bonchev–Trinajstić information content (AvgIpc) is 2.90. The first-order valence-corrected chi connectivity index (χ1v) is 7.00. The number of aromatic nitrogens is 1. The van der Waals surface area contributed by atoms with Crippen molar-refractivity contribution in [2.75, 3.05) is 7.11 Å². The number of rotatable bonds is 3. The van der Waals surface area contributed by atoms with E-state index in [0.29, 0.717) is 16.7 Å². The fourth-order valence-corrected chi connectivity index (χ4v) is 2.32. The van der Waals surface area contributed by atoms with Crippen molar-refractivity contribution < 1.29 is 14.6 Å². The lowest BCUT2D eigenvalue weighted by atomic mass is 10.1. The smallest absolute Gasteiger partial charge is 0.295 e. The highest BCUT2D eigenvalue weighted by molar-refractivity contribution is 5.97. The number of azo groups is 1. The summed E-state index contributed by atoms with van der Waals surface area (Å²) in [6.45, 7) is 1.92. The maximum atomic E-state index is 12.1. The molecule has 0 aliphatic heterocycles. The molecule has 0 aliphatic rings. The van der Waals surface area contributed by atoms with Crippen LogP contribution in [-0.2, 0) is 0 Å². The van der Waals surface area contributed by atoms with Gasteiger partial charge in [-0.05, 0) is 36.8 Å². The van der Waals surface area contributed by atoms with Crippen molar-refractivity contribution in [3.63, 3.8) is 0 Å². The molecule has 0 unspecified atom stereocenters. The average molecular weight is 309 g/mol. The van der Waals surface area contributed by atoms with Crippen LogP contribution >= 0.6 is 0 Å². The Morgan fingerprint density at radius 1 is 1.17 bits per heavy atom. The highest BCUT2D eigenvalue weighted by Gasteiger charge is 2.12. The molecule has 3 aromatic rings. The van der Waals surface area contributed by atoms with Crippen LogP contribution in [0.15, 0.2) is 52.7 Å². The molecule has 0 fully saturated rings. The van der Waals surface area contributed by atoms with Gasteiger partial charge in [0.1, 0.15) is 5.75 Å². The van der Waals surface area contributed by atoms with Gasteiger partial charge in [0.15, 0.2) is 5.69 Å². The number of fused-ring (bicyclic) bond motifs is 1. The van der Waals surface area contributed by atoms with Crippen molar-refractivity contribution in [1.29, 1.82) is 0 Å². The van der Waals surface area contributed by atoms with E-state index >= 15 is 0 Å². The minimum absolute atomic E-state index is 0.111. The molecule has 6 nitrogen and oxygen atoms in total. The summed E-state index contributed by atoms with van der Waals surface area (Å²) in [4.78, 5) is 14.9. The summed E-state index contributed by atoms with van der Waals surface area (Å²) in [5.74, 6) is 0.0536. The number of hydrogen-bond acceptors (Lipinski definition) is 4. The third kappa shape index (κ3) is 2.78. The molecule has 1 aromatic heterocycles. The number of amides is 1. The van der Waals surface area contributed by atoms with E-state index in [1.54, 1.807) is 31.4 Å². The third-order valence-corrected chi connectivity index (χ3v) is 3.57. The standard InChI is InChI=1S/C17H15N3O3/c1-10-4-3-5-13-14(10)18-17(22)15(13)19-20-16(21)11-6-8-12(23-2)9-7-11/h3-9,18,22H,1-2H3. The number of carbonyl (C=O) groups is 1. The van der Waals surface area contributed by atoms with Gasteiger partial charge in [0, 0.05) is 10.9 Å². The number of aromatic amines is 1. The van der Waals surface area contributed by atoms with E-state index in [4.69, 9.17) is 4.74 Å². The Balaban J connectivity index is 1.91. The largest absolute Gasteiger partial charge is 0.497 e. The maximum absolute atomic E-state index is 12.1. The predicted octanol–water partition coefficient (Wildman–Crippen LogP) is 4.11. The van der Waals surface area contributed by atoms with Crippen molar-refractivity contribution in [3.05, 3.63) is 53.6 Å². The molecule has 2 N–H and O–H groups in total. The summed E-state index contributed by atoms with van der Waals surface area (Å²) in [7, 11) is 1.55. The molecule has 0 saturated carbocycles. The first kappa shape index (κ1) is 14.8. The van der Waals surface area contributed by atoms with Gasteiger partial charge in [-0.1, -0.05) is 18.2 Å². The summed E-state index contributed by atoms with van der Waals surface area (Å²) in [5, 5.41) is 18.3. The third-order valence-electron chi connectivity index (χ3n) is 3.57. The summed E-state index contributed by atoms with van der Waals surface area (Å²) >= 11 is 0. The Morgan fingerprint density at radius 2 is 1.91 bits per heavy atom. The highest BCUT2D eigenvalue weighted by Crippen LogP contribution is 2.36. The van der Waals surface area contributed by atoms with Crippen LogP contribution in [0.3, 0.4) is 0 Å². The molecular formula is C17H15N3O3. The number of ether oxygens (including phenoxy) is 1. The maximum Gasteiger partial charge on any atom is 0.295 e. The van der Waals surface area contributed by atoms with Crippen LogP contribution in [-0.4, -0.2) is 23.1 Å². The van der Waals surface area contributed by atoms with Crippen molar-refractivity contribution in [2.45, 2.75) is 6.92 Å². The van der Waals surface area contributed by atoms with Gasteiger partial charge in [-0.25, -0.2) is 0 Å². The van der Waals surface area contributed by atoms with Gasteiger partial charge in [-0.3, -0.25) is 4.79 Å². The van der Waals surface area contributed by atoms with E-state index in [1.807, 2.05) is 25.1 Å². The van der Waals surface area contributed by atoms with Crippen molar-refractivity contribution in [3.8, 4) is 11.6 Å². The highest BCUT2D eigenvalue weighted by atomic mass is 16.5. The zero-order valence-corrected chi connectivity index (χ0v) is 12.7. The summed E-state index contributed by atoms with van der Waals surface area (Å²) in [6.07, 6.45) is 0. The van der Waals surface area contributed by atoms with Crippen molar-refractivity contribution in [1.82, 2.24) is 4.98 Å². The van der Waals surface area contributed by atoms with E-state index < -0.39 is 5.91 Å². The van der Waals surface area contributed by atoms with Crippen LogP contribution in [0.1, 0.15) is 15.9 Å². The lowest BCUT2D eigenvalue weighted by molar-refractivity contribution is 0.0995. The molecule has 0 bridgehead atoms. The second-order valence-corrected chi connectivity index (χ2v) is 5.05. The molecule has 23 heavy (non-hydrogen) atoms. The van der Waals surface area contributed by atoms with Gasteiger partial charge < -0.3 is 14.8 Å². The molecule has 0 atom stereocenters. The number of para-hydroxylation sites is 1. The fourth-order valence-electron chi connectivity index (χ4n) is 2.32. The van der Waals surface area contributed by atoms with Crippen LogP contribution in [0.4, 0.5) is 5.69 Å². The Hall–Kier alpha value is -3.15. The van der Waals surface area contributed by atoms with Crippen LogP contribution in [0.5, 0.6) is 11.6 Å². The van der Waals surface area contributed by atoms with Crippen LogP contribution in [0, 0.1) is 6.92 Å². The van der Waals surface area contributed by atoms with Crippen molar-refractivity contribution in [2.24, 2.45) is 10.2 Å². The van der Waals surface area contributed by atoms with Crippen LogP contribution < -0.4 is 4.74 Å². The number of nitrogens with one attached hydrogen (secondary N) is 1. The zero-order chi connectivity index (χ0) is 16.4. The van der Waals surface area contributed by atoms with Crippen LogP contribution in [0.25, 0.3) is 10.9 Å². The van der Waals surface area contributed by atoms with E-state index in [1.165, 1.54) is 0 Å². The Morgan fingerprint density at radius 3 is 2.61 bits per heavy atom. The van der Waals surface area contributed by atoms with Gasteiger partial charge in [0.05, 0.1) is 12.6 Å². The Labute approximate surface area is 132 Å². The molecule has 0 radical (unpaired) electrons. The monoisotopic (exact) mass is 309 g/mol. The van der Waals surface area contributed by atoms with Gasteiger partial charge >= 0.3 is 0 Å². The van der Waals surface area contributed by atoms with E-state index in [0.717, 1.165) is 11.1 Å². The van der Waals surface area contributed by atoms with E-state index in [-0.39, 0.29) is 11.6 Å². The number of benzene rings is 2. The first-order valence-electron chi connectivity index (χ1n) is 7.00. The SMILES string of the molecule is COc1ccc(C(=O)N=Nc2c(O)[nH]c3c(C)cccc23)cc1. The number of methoxy groups -OCH3 is 1. The van der Waals surface area contributed by atoms with Gasteiger partial charge in [-0.15, -0.1) is 10.2 Å². The molecule has 2 aromatic carbocycles. The summed E-state index contributed by atoms with van der Waals surface area (Å²) < 4.78 is 5.04. The summed E-state index contributed by atoms with van der Waals surface area (Å²) in [6, 6.07) is 12.2. The van der Waals surface area contributed by atoms with E-state index in [9.17, 15) is 9.90 Å². The van der Waals surface area contributed by atoms with Gasteiger partial charge in [-0.2, -0.15) is 0 Å². The molecule has 3 rings (SSSR count). The zero-order valence-electron chi connectivity index (χ0n) is 12.7. The second kappa shape index (κ2) is 5.92. The summed E-state index contributed by atoms with van der Waals surface area (Å²) in [5.41, 5.74) is 2.40. The minimum Gasteiger partial charge on any atom is -0.497 e. The fraction of sp³-hybridized carbons (Fsp3) is 0.118. The topological polar surface area (TPSA) is 87.0 Å². The lowest BCUT2D eigenvalue weighted by Crippen LogP contribution is -1.93. The molecule has 116 valence electrons. The van der Waals surface area contributed by atoms with Gasteiger partial charge in [0.2, 0.25) is 5.88 Å². The van der Waals surface area contributed by atoms with Crippen molar-refractivity contribution >= 4 is 22.5 Å². The molecule has 1 heterocycles. The minimum atomic E-state index is -0.492. The molecule has 0 aliphatic carbocycles. The molecular weight excluding hydrogens is 294 g/mol. The quantitative estimate of drug-likeness (QED) is 0.713. The number of nitrogens with zero attached hydrogens (tertiary/aromatic N) is 2. The number of hydrogen-bond donors (Lipinski definition) is 2. The molecule has 1 amide bonds. The number of aryl methyl sites for hydroxylation is 1. The van der Waals surface area contributed by atoms with Crippen LogP contribution in [0.2, 0.25) is 0 Å². The molecule has 0 saturated heterocycles. The predicted molar refractivity (Wildman–Crippen MR) is 86.5 cm³/mol. The Kier molecular flexibility index (Phi) is 3.80. The van der Waals surface area contributed by atoms with E-state index in [2.05, 4.69) is 15.2 Å². The van der Waals surface area contributed by atoms with Gasteiger partial charge in [0.25, 0.3) is 5.91 Å². The Bertz CT molecular complexity index is 895. The first-order chi connectivity index (χ1) is 11.1. The molecule has 0 spiro atoms. The molecule has 6 heteroatoms. The lowest BCUT2D eigenvalue weighted by Gasteiger charge is -1.99.